The van der Waals surface area contributed by atoms with Crippen molar-refractivity contribution in [2.45, 2.75) is 20.0 Å². The van der Waals surface area contributed by atoms with Gasteiger partial charge in [0.2, 0.25) is 0 Å². The second-order valence-electron chi connectivity index (χ2n) is 6.16. The molecule has 2 aromatic carbocycles. The number of hydrogen-bond acceptors (Lipinski definition) is 5. The van der Waals surface area contributed by atoms with Crippen LogP contribution in [0.25, 0.3) is 0 Å². The van der Waals surface area contributed by atoms with E-state index in [0.29, 0.717) is 23.8 Å². The molecule has 0 unspecified atom stereocenters. The maximum absolute atomic E-state index is 13.7. The lowest BCUT2D eigenvalue weighted by molar-refractivity contribution is 0.0945. The second-order valence-corrected chi connectivity index (χ2v) is 6.16. The van der Waals surface area contributed by atoms with Crippen LogP contribution in [0.2, 0.25) is 0 Å². The summed E-state index contributed by atoms with van der Waals surface area (Å²) in [6, 6.07) is 15.5. The number of benzene rings is 2. The molecule has 6 nitrogen and oxygen atoms in total. The Morgan fingerprint density at radius 2 is 1.82 bits per heavy atom. The molecule has 2 N–H and O–H groups in total. The van der Waals surface area contributed by atoms with Crippen molar-refractivity contribution >= 4 is 11.7 Å². The summed E-state index contributed by atoms with van der Waals surface area (Å²) in [6.07, 6.45) is 0. The Morgan fingerprint density at radius 1 is 1.07 bits per heavy atom. The first kappa shape index (κ1) is 19.3. The Balaban J connectivity index is 1.64. The predicted octanol–water partition coefficient (Wildman–Crippen LogP) is 3.47. The number of carbonyl (C=O) groups excluding carboxylic acids is 1. The van der Waals surface area contributed by atoms with Crippen molar-refractivity contribution in [1.29, 1.82) is 0 Å². The van der Waals surface area contributed by atoms with Gasteiger partial charge in [0.05, 0.1) is 7.11 Å². The molecular formula is C21H21FN4O2. The van der Waals surface area contributed by atoms with Gasteiger partial charge in [-0.15, -0.1) is 0 Å². The van der Waals surface area contributed by atoms with Crippen molar-refractivity contribution in [3.63, 3.8) is 0 Å². The van der Waals surface area contributed by atoms with E-state index < -0.39 is 0 Å². The van der Waals surface area contributed by atoms with Gasteiger partial charge in [0.25, 0.3) is 5.91 Å². The topological polar surface area (TPSA) is 76.1 Å². The molecule has 0 aliphatic rings. The van der Waals surface area contributed by atoms with E-state index in [1.807, 2.05) is 24.3 Å². The highest BCUT2D eigenvalue weighted by Gasteiger charge is 2.11. The van der Waals surface area contributed by atoms with Crippen molar-refractivity contribution in [3.8, 4) is 5.75 Å². The molecule has 0 fully saturated rings. The minimum absolute atomic E-state index is 0.247. The minimum atomic E-state index is -0.310. The van der Waals surface area contributed by atoms with E-state index in [-0.39, 0.29) is 24.0 Å². The molecule has 28 heavy (non-hydrogen) atoms. The van der Waals surface area contributed by atoms with E-state index in [1.54, 1.807) is 38.3 Å². The van der Waals surface area contributed by atoms with E-state index in [4.69, 9.17) is 4.74 Å². The number of nitrogens with one attached hydrogen (secondary N) is 2. The lowest BCUT2D eigenvalue weighted by Crippen LogP contribution is -2.24. The highest BCUT2D eigenvalue weighted by Crippen LogP contribution is 2.13. The van der Waals surface area contributed by atoms with Crippen LogP contribution in [0.5, 0.6) is 5.75 Å². The average Bonchev–Trinajstić information content (AvgIpc) is 2.71. The van der Waals surface area contributed by atoms with Crippen molar-refractivity contribution < 1.29 is 13.9 Å². The minimum Gasteiger partial charge on any atom is -0.497 e. The van der Waals surface area contributed by atoms with Crippen molar-refractivity contribution in [3.05, 3.63) is 83.1 Å². The van der Waals surface area contributed by atoms with Gasteiger partial charge < -0.3 is 15.4 Å². The number of methoxy groups -OCH3 is 1. The van der Waals surface area contributed by atoms with Gasteiger partial charge in [-0.1, -0.05) is 30.3 Å². The Labute approximate surface area is 162 Å². The Morgan fingerprint density at radius 3 is 2.54 bits per heavy atom. The first-order chi connectivity index (χ1) is 13.5. The number of amides is 1. The van der Waals surface area contributed by atoms with Gasteiger partial charge in [-0.05, 0) is 30.7 Å². The van der Waals surface area contributed by atoms with Crippen molar-refractivity contribution in [2.75, 3.05) is 12.4 Å². The maximum Gasteiger partial charge on any atom is 0.270 e. The van der Waals surface area contributed by atoms with Gasteiger partial charge in [-0.3, -0.25) is 4.79 Å². The number of aryl methyl sites for hydroxylation is 1. The van der Waals surface area contributed by atoms with E-state index >= 15 is 0 Å². The van der Waals surface area contributed by atoms with Crippen LogP contribution in [0.4, 0.5) is 10.2 Å². The fraction of sp³-hybridized carbons (Fsp3) is 0.190. The fourth-order valence-electron chi connectivity index (χ4n) is 2.62. The fourth-order valence-corrected chi connectivity index (χ4v) is 2.62. The van der Waals surface area contributed by atoms with Crippen LogP contribution in [0, 0.1) is 12.7 Å². The molecular weight excluding hydrogens is 359 g/mol. The zero-order valence-electron chi connectivity index (χ0n) is 15.7. The Bertz CT molecular complexity index is 961. The van der Waals surface area contributed by atoms with Crippen LogP contribution in [-0.2, 0) is 13.1 Å². The number of ether oxygens (including phenoxy) is 1. The van der Waals surface area contributed by atoms with Gasteiger partial charge in [0, 0.05) is 24.7 Å². The zero-order chi connectivity index (χ0) is 19.9. The number of halogens is 1. The molecule has 3 aromatic rings. The molecule has 144 valence electrons. The number of aromatic nitrogens is 2. The molecule has 0 bridgehead atoms. The molecule has 0 aliphatic carbocycles. The monoisotopic (exact) mass is 380 g/mol. The van der Waals surface area contributed by atoms with Gasteiger partial charge in [0.15, 0.2) is 0 Å². The summed E-state index contributed by atoms with van der Waals surface area (Å²) in [6.45, 7) is 2.33. The van der Waals surface area contributed by atoms with Crippen LogP contribution >= 0.6 is 0 Å². The molecule has 0 saturated heterocycles. The van der Waals surface area contributed by atoms with Crippen molar-refractivity contribution in [1.82, 2.24) is 15.3 Å². The molecule has 1 amide bonds. The summed E-state index contributed by atoms with van der Waals surface area (Å²) in [5.41, 5.74) is 1.71. The highest BCUT2D eigenvalue weighted by atomic mass is 19.1. The summed E-state index contributed by atoms with van der Waals surface area (Å²) in [7, 11) is 1.60. The van der Waals surface area contributed by atoms with Gasteiger partial charge in [-0.2, -0.15) is 0 Å². The third kappa shape index (κ3) is 5.03. The van der Waals surface area contributed by atoms with E-state index in [1.165, 1.54) is 6.07 Å². The Hall–Kier alpha value is -3.48. The number of carbonyl (C=O) groups is 1. The molecule has 0 spiro atoms. The highest BCUT2D eigenvalue weighted by molar-refractivity contribution is 5.92. The summed E-state index contributed by atoms with van der Waals surface area (Å²) in [5, 5.41) is 5.87. The molecule has 7 heteroatoms. The van der Waals surface area contributed by atoms with E-state index in [9.17, 15) is 9.18 Å². The third-order valence-corrected chi connectivity index (χ3v) is 4.10. The summed E-state index contributed by atoms with van der Waals surface area (Å²) in [4.78, 5) is 20.9. The average molecular weight is 380 g/mol. The third-order valence-electron chi connectivity index (χ3n) is 4.10. The van der Waals surface area contributed by atoms with Crippen LogP contribution in [0.15, 0.2) is 54.6 Å². The standard InChI is InChI=1S/C21H21FN4O2/c1-14-25-19(21(27)24-12-15-7-9-17(28-2)10-8-15)11-20(26-14)23-13-16-5-3-4-6-18(16)22/h3-11H,12-13H2,1-2H3,(H,24,27)(H,23,25,26). The quantitative estimate of drug-likeness (QED) is 0.656. The molecule has 0 aliphatic heterocycles. The second kappa shape index (κ2) is 8.94. The first-order valence-corrected chi connectivity index (χ1v) is 8.79. The van der Waals surface area contributed by atoms with Gasteiger partial charge in [0.1, 0.15) is 28.9 Å². The summed E-state index contributed by atoms with van der Waals surface area (Å²) >= 11 is 0. The molecule has 3 rings (SSSR count). The van der Waals surface area contributed by atoms with Crippen LogP contribution < -0.4 is 15.4 Å². The number of nitrogens with zero attached hydrogens (tertiary/aromatic N) is 2. The van der Waals surface area contributed by atoms with Crippen LogP contribution in [0.3, 0.4) is 0 Å². The van der Waals surface area contributed by atoms with Gasteiger partial charge >= 0.3 is 0 Å². The number of anilines is 1. The predicted molar refractivity (Wildman–Crippen MR) is 105 cm³/mol. The van der Waals surface area contributed by atoms with E-state index in [0.717, 1.165) is 11.3 Å². The summed E-state index contributed by atoms with van der Waals surface area (Å²) < 4.78 is 18.9. The van der Waals surface area contributed by atoms with Crippen LogP contribution in [-0.4, -0.2) is 23.0 Å². The zero-order valence-corrected chi connectivity index (χ0v) is 15.7. The summed E-state index contributed by atoms with van der Waals surface area (Å²) in [5.74, 6) is 1.07. The number of hydrogen-bond donors (Lipinski definition) is 2. The molecule has 1 heterocycles. The first-order valence-electron chi connectivity index (χ1n) is 8.79. The largest absolute Gasteiger partial charge is 0.497 e. The molecule has 1 aromatic heterocycles. The lowest BCUT2D eigenvalue weighted by atomic mass is 10.2. The normalized spacial score (nSPS) is 10.4. The van der Waals surface area contributed by atoms with Crippen LogP contribution in [0.1, 0.15) is 27.4 Å². The number of rotatable bonds is 7. The lowest BCUT2D eigenvalue weighted by Gasteiger charge is -2.10. The maximum atomic E-state index is 13.7. The SMILES string of the molecule is COc1ccc(CNC(=O)c2cc(NCc3ccccc3F)nc(C)n2)cc1. The van der Waals surface area contributed by atoms with Gasteiger partial charge in [-0.25, -0.2) is 14.4 Å². The molecule has 0 saturated carbocycles. The molecule has 0 atom stereocenters. The van der Waals surface area contributed by atoms with Crippen molar-refractivity contribution in [2.24, 2.45) is 0 Å². The van der Waals surface area contributed by atoms with E-state index in [2.05, 4.69) is 20.6 Å². The Kier molecular flexibility index (Phi) is 6.16. The molecule has 0 radical (unpaired) electrons. The smallest absolute Gasteiger partial charge is 0.270 e.